The smallest absolute Gasteiger partial charge is 0.313 e. The molecule has 0 saturated carbocycles. The van der Waals surface area contributed by atoms with Crippen molar-refractivity contribution in [2.24, 2.45) is 11.8 Å². The fourth-order valence-electron chi connectivity index (χ4n) is 6.29. The lowest BCUT2D eigenvalue weighted by molar-refractivity contribution is -0.153. The second-order valence-electron chi connectivity index (χ2n) is 10.2. The first-order valence-electron chi connectivity index (χ1n) is 13.3. The fourth-order valence-corrected chi connectivity index (χ4v) is 6.29. The first-order chi connectivity index (χ1) is 17.6. The van der Waals surface area contributed by atoms with E-state index in [4.69, 9.17) is 19.3 Å². The first-order valence-corrected chi connectivity index (χ1v) is 13.3. The van der Waals surface area contributed by atoms with E-state index in [2.05, 4.69) is 4.90 Å². The van der Waals surface area contributed by atoms with Gasteiger partial charge in [0.2, 0.25) is 11.8 Å². The number of hydrogen-bond donors (Lipinski definition) is 1. The van der Waals surface area contributed by atoms with Crippen molar-refractivity contribution >= 4 is 17.8 Å². The van der Waals surface area contributed by atoms with E-state index >= 15 is 0 Å². The molecule has 3 saturated heterocycles. The summed E-state index contributed by atoms with van der Waals surface area (Å²) >= 11 is 0. The second kappa shape index (κ2) is 11.0. The maximum absolute atomic E-state index is 14.1. The molecule has 5 atom stereocenters. The zero-order valence-corrected chi connectivity index (χ0v) is 20.8. The van der Waals surface area contributed by atoms with E-state index in [1.165, 1.54) is 0 Å². The molecule has 1 unspecified atom stereocenters. The zero-order chi connectivity index (χ0) is 25.1. The lowest BCUT2D eigenvalue weighted by Crippen LogP contribution is -2.56. The van der Waals surface area contributed by atoms with Crippen LogP contribution in [-0.4, -0.2) is 121 Å². The standard InChI is InChI=1S/C26H37N3O7/c30-15-4-2-1-3-10-29-22-24(32)28(12-11-27-13-17-34-18-14-27)9-6-8-26(22)21(23(29)31)20-19(36-26)7-5-16-35-25(20)33/h5-8,19-22,30H,1-4,9-18H2/t19-,20+,21+,22?,26+/m1/s1. The third-order valence-electron chi connectivity index (χ3n) is 8.09. The molecule has 5 rings (SSSR count). The molecule has 2 amide bonds. The van der Waals surface area contributed by atoms with Gasteiger partial charge in [0.25, 0.3) is 0 Å². The number of carbonyl (C=O) groups is 3. The van der Waals surface area contributed by atoms with Gasteiger partial charge in [0.05, 0.1) is 25.2 Å². The number of morpholine rings is 1. The average Bonchev–Trinajstić information content (AvgIpc) is 3.18. The molecule has 0 aromatic rings. The molecule has 0 aliphatic carbocycles. The van der Waals surface area contributed by atoms with E-state index in [9.17, 15) is 14.4 Å². The molecule has 1 spiro atoms. The Kier molecular flexibility index (Phi) is 7.76. The Hall–Kier alpha value is -2.27. The number of unbranched alkanes of at least 4 members (excludes halogenated alkanes) is 3. The molecule has 5 aliphatic rings. The van der Waals surface area contributed by atoms with E-state index in [0.29, 0.717) is 45.7 Å². The Morgan fingerprint density at radius 3 is 2.58 bits per heavy atom. The van der Waals surface area contributed by atoms with E-state index in [-0.39, 0.29) is 25.0 Å². The van der Waals surface area contributed by atoms with Crippen LogP contribution in [0.3, 0.4) is 0 Å². The normalized spacial score (nSPS) is 34.3. The van der Waals surface area contributed by atoms with Gasteiger partial charge in [-0.05, 0) is 18.9 Å². The molecule has 0 aromatic heterocycles. The molecule has 5 aliphatic heterocycles. The highest BCUT2D eigenvalue weighted by Crippen LogP contribution is 2.53. The lowest BCUT2D eigenvalue weighted by Gasteiger charge is -2.36. The summed E-state index contributed by atoms with van der Waals surface area (Å²) in [6, 6.07) is -0.815. The number of likely N-dealkylation sites (tertiary alicyclic amines) is 1. The summed E-state index contributed by atoms with van der Waals surface area (Å²) in [7, 11) is 0. The van der Waals surface area contributed by atoms with Crippen LogP contribution in [-0.2, 0) is 28.6 Å². The van der Waals surface area contributed by atoms with Crippen LogP contribution in [0.15, 0.2) is 24.3 Å². The number of aliphatic hydroxyl groups is 1. The van der Waals surface area contributed by atoms with Gasteiger partial charge in [-0.3, -0.25) is 19.3 Å². The molecule has 1 N–H and O–H groups in total. The minimum Gasteiger partial charge on any atom is -0.461 e. The Labute approximate surface area is 211 Å². The van der Waals surface area contributed by atoms with Crippen molar-refractivity contribution in [1.82, 2.24) is 14.7 Å². The SMILES string of the molecule is O=C1OCC=C[C@H]2O[C@]34C=CCN(CCN5CCOCC5)C(=O)C3N(CCCCCCO)C(=O)[C@@H]4[C@@H]12. The molecule has 198 valence electrons. The quantitative estimate of drug-likeness (QED) is 0.265. The van der Waals surface area contributed by atoms with Gasteiger partial charge in [0.1, 0.15) is 24.2 Å². The fraction of sp³-hybridized carbons (Fsp3) is 0.731. The van der Waals surface area contributed by atoms with Crippen LogP contribution in [0.2, 0.25) is 0 Å². The van der Waals surface area contributed by atoms with Gasteiger partial charge in [0, 0.05) is 45.9 Å². The third kappa shape index (κ3) is 4.60. The summed E-state index contributed by atoms with van der Waals surface area (Å²) < 4.78 is 17.3. The third-order valence-corrected chi connectivity index (χ3v) is 8.09. The molecule has 10 heteroatoms. The van der Waals surface area contributed by atoms with Crippen molar-refractivity contribution in [3.8, 4) is 0 Å². The highest BCUT2D eigenvalue weighted by Gasteiger charge is 2.71. The van der Waals surface area contributed by atoms with Crippen LogP contribution in [0.4, 0.5) is 0 Å². The van der Waals surface area contributed by atoms with Crippen molar-refractivity contribution in [3.63, 3.8) is 0 Å². The maximum atomic E-state index is 14.1. The van der Waals surface area contributed by atoms with Crippen molar-refractivity contribution < 1.29 is 33.7 Å². The Bertz CT molecular complexity index is 902. The molecule has 0 bridgehead atoms. The largest absolute Gasteiger partial charge is 0.461 e. The number of cyclic esters (lactones) is 1. The topological polar surface area (TPSA) is 109 Å². The van der Waals surface area contributed by atoms with Gasteiger partial charge < -0.3 is 29.1 Å². The van der Waals surface area contributed by atoms with Crippen molar-refractivity contribution in [1.29, 1.82) is 0 Å². The van der Waals surface area contributed by atoms with Crippen LogP contribution in [0.25, 0.3) is 0 Å². The highest BCUT2D eigenvalue weighted by molar-refractivity contribution is 5.99. The highest BCUT2D eigenvalue weighted by atomic mass is 16.6. The molecule has 5 heterocycles. The number of nitrogens with zero attached hydrogens (tertiary/aromatic N) is 3. The summed E-state index contributed by atoms with van der Waals surface area (Å²) in [6.45, 7) is 5.51. The van der Waals surface area contributed by atoms with E-state index in [1.807, 2.05) is 17.1 Å². The van der Waals surface area contributed by atoms with E-state index < -0.39 is 35.6 Å². The Morgan fingerprint density at radius 2 is 1.78 bits per heavy atom. The maximum Gasteiger partial charge on any atom is 0.313 e. The Balaban J connectivity index is 1.41. The number of fused-ring (bicyclic) bond motifs is 2. The predicted octanol–water partition coefficient (Wildman–Crippen LogP) is -0.0365. The van der Waals surface area contributed by atoms with Crippen molar-refractivity contribution in [2.45, 2.75) is 43.4 Å². The molecule has 10 nitrogen and oxygen atoms in total. The first kappa shape index (κ1) is 25.4. The number of ether oxygens (including phenoxy) is 3. The van der Waals surface area contributed by atoms with Gasteiger partial charge >= 0.3 is 5.97 Å². The monoisotopic (exact) mass is 503 g/mol. The average molecular weight is 504 g/mol. The van der Waals surface area contributed by atoms with Gasteiger partial charge in [-0.1, -0.05) is 31.1 Å². The molecule has 0 radical (unpaired) electrons. The summed E-state index contributed by atoms with van der Waals surface area (Å²) in [4.78, 5) is 46.7. The van der Waals surface area contributed by atoms with Gasteiger partial charge in [-0.25, -0.2) is 0 Å². The predicted molar refractivity (Wildman–Crippen MR) is 129 cm³/mol. The van der Waals surface area contributed by atoms with Gasteiger partial charge in [-0.2, -0.15) is 0 Å². The van der Waals surface area contributed by atoms with Crippen LogP contribution >= 0.6 is 0 Å². The van der Waals surface area contributed by atoms with Gasteiger partial charge in [-0.15, -0.1) is 0 Å². The van der Waals surface area contributed by atoms with Crippen LogP contribution in [0, 0.1) is 11.8 Å². The summed E-state index contributed by atoms with van der Waals surface area (Å²) in [5.74, 6) is -2.35. The zero-order valence-electron chi connectivity index (χ0n) is 20.8. The number of carbonyl (C=O) groups excluding carboxylic acids is 3. The summed E-state index contributed by atoms with van der Waals surface area (Å²) in [5.41, 5.74) is -1.19. The molecule has 36 heavy (non-hydrogen) atoms. The molecule has 3 fully saturated rings. The molecular weight excluding hydrogens is 466 g/mol. The second-order valence-corrected chi connectivity index (χ2v) is 10.2. The summed E-state index contributed by atoms with van der Waals surface area (Å²) in [5, 5.41) is 9.08. The number of esters is 1. The van der Waals surface area contributed by atoms with Crippen LogP contribution in [0.1, 0.15) is 25.7 Å². The van der Waals surface area contributed by atoms with Crippen molar-refractivity contribution in [3.05, 3.63) is 24.3 Å². The minimum absolute atomic E-state index is 0.131. The number of hydrogen-bond acceptors (Lipinski definition) is 8. The minimum atomic E-state index is -1.19. The molecule has 0 aromatic carbocycles. The van der Waals surface area contributed by atoms with E-state index in [0.717, 1.165) is 32.5 Å². The number of aliphatic hydroxyl groups excluding tert-OH is 1. The lowest BCUT2D eigenvalue weighted by atomic mass is 9.78. The van der Waals surface area contributed by atoms with Crippen LogP contribution < -0.4 is 0 Å². The number of rotatable bonds is 9. The summed E-state index contributed by atoms with van der Waals surface area (Å²) in [6.07, 6.45) is 9.87. The van der Waals surface area contributed by atoms with E-state index in [1.54, 1.807) is 17.1 Å². The molecular formula is C26H37N3O7. The number of amides is 2. The van der Waals surface area contributed by atoms with Crippen LogP contribution in [0.5, 0.6) is 0 Å². The van der Waals surface area contributed by atoms with Crippen molar-refractivity contribution in [2.75, 3.05) is 65.7 Å². The Morgan fingerprint density at radius 1 is 0.972 bits per heavy atom. The van der Waals surface area contributed by atoms with Gasteiger partial charge in [0.15, 0.2) is 0 Å².